The molecule has 0 aliphatic rings. The number of anilines is 3. The van der Waals surface area contributed by atoms with Crippen molar-refractivity contribution in [1.29, 1.82) is 0 Å². The van der Waals surface area contributed by atoms with Crippen LogP contribution in [-0.4, -0.2) is 9.97 Å². The van der Waals surface area contributed by atoms with Crippen LogP contribution in [0.3, 0.4) is 0 Å². The minimum atomic E-state index is 0.856. The van der Waals surface area contributed by atoms with E-state index in [-0.39, 0.29) is 0 Å². The molecule has 0 bridgehead atoms. The van der Waals surface area contributed by atoms with Crippen molar-refractivity contribution in [3.63, 3.8) is 0 Å². The lowest BCUT2D eigenvalue weighted by Crippen LogP contribution is -2.11. The smallest absolute Gasteiger partial charge is 0.138 e. The molecular formula is C22H17N3. The quantitative estimate of drug-likeness (QED) is 0.488. The van der Waals surface area contributed by atoms with Crippen LogP contribution >= 0.6 is 0 Å². The van der Waals surface area contributed by atoms with Gasteiger partial charge in [0.05, 0.1) is 11.4 Å². The molecule has 0 amide bonds. The van der Waals surface area contributed by atoms with Gasteiger partial charge in [0.2, 0.25) is 0 Å². The van der Waals surface area contributed by atoms with E-state index < -0.39 is 0 Å². The molecule has 0 aliphatic heterocycles. The number of para-hydroxylation sites is 2. The predicted octanol–water partition coefficient (Wildman–Crippen LogP) is 5.61. The second kappa shape index (κ2) is 6.97. The topological polar surface area (TPSA) is 29.0 Å². The average molecular weight is 323 g/mol. The van der Waals surface area contributed by atoms with Crippen molar-refractivity contribution in [2.45, 2.75) is 0 Å². The van der Waals surface area contributed by atoms with Gasteiger partial charge in [-0.15, -0.1) is 0 Å². The molecule has 0 aliphatic carbocycles. The molecule has 0 unspecified atom stereocenters. The molecule has 4 aromatic rings. The molecule has 0 N–H and O–H groups in total. The second-order valence-corrected chi connectivity index (χ2v) is 5.60. The Kier molecular flexibility index (Phi) is 4.21. The van der Waals surface area contributed by atoms with E-state index in [9.17, 15) is 0 Å². The summed E-state index contributed by atoms with van der Waals surface area (Å²) >= 11 is 0. The molecule has 0 radical (unpaired) electrons. The molecule has 2 aromatic heterocycles. The standard InChI is InChI=1S/C22H17N3/c1-3-10-18(11-4-1)25(19-12-5-2-6-13-19)22-16-9-15-21(24-22)20-14-7-8-17-23-20/h1-17H. The van der Waals surface area contributed by atoms with E-state index in [2.05, 4.69) is 34.1 Å². The molecule has 0 spiro atoms. The molecule has 25 heavy (non-hydrogen) atoms. The Morgan fingerprint density at radius 2 is 1.12 bits per heavy atom. The van der Waals surface area contributed by atoms with Crippen LogP contribution in [0.2, 0.25) is 0 Å². The molecule has 0 fully saturated rings. The molecular weight excluding hydrogens is 306 g/mol. The van der Waals surface area contributed by atoms with Crippen molar-refractivity contribution in [3.8, 4) is 11.4 Å². The van der Waals surface area contributed by atoms with Gasteiger partial charge in [0.1, 0.15) is 5.82 Å². The van der Waals surface area contributed by atoms with Gasteiger partial charge in [0, 0.05) is 17.6 Å². The van der Waals surface area contributed by atoms with E-state index in [1.54, 1.807) is 6.20 Å². The average Bonchev–Trinajstić information content (AvgIpc) is 2.71. The van der Waals surface area contributed by atoms with Crippen molar-refractivity contribution in [2.75, 3.05) is 4.90 Å². The Balaban J connectivity index is 1.83. The van der Waals surface area contributed by atoms with Gasteiger partial charge in [-0.05, 0) is 48.5 Å². The number of aromatic nitrogens is 2. The zero-order chi connectivity index (χ0) is 16.9. The third-order valence-electron chi connectivity index (χ3n) is 3.92. The van der Waals surface area contributed by atoms with Crippen molar-refractivity contribution >= 4 is 17.2 Å². The zero-order valence-electron chi connectivity index (χ0n) is 13.7. The maximum atomic E-state index is 4.86. The molecule has 4 rings (SSSR count). The first-order valence-corrected chi connectivity index (χ1v) is 8.20. The molecule has 2 aromatic carbocycles. The molecule has 120 valence electrons. The van der Waals surface area contributed by atoms with Gasteiger partial charge in [0.25, 0.3) is 0 Å². The van der Waals surface area contributed by atoms with Gasteiger partial charge in [-0.2, -0.15) is 0 Å². The number of hydrogen-bond donors (Lipinski definition) is 0. The fourth-order valence-electron chi connectivity index (χ4n) is 2.77. The van der Waals surface area contributed by atoms with E-state index in [1.807, 2.05) is 72.8 Å². The van der Waals surface area contributed by atoms with Gasteiger partial charge in [-0.25, -0.2) is 4.98 Å². The SMILES string of the molecule is c1ccc(N(c2ccccc2)c2cccc(-c3ccccn3)n2)cc1. The highest BCUT2D eigenvalue weighted by Crippen LogP contribution is 2.33. The number of benzene rings is 2. The summed E-state index contributed by atoms with van der Waals surface area (Å²) in [6.45, 7) is 0. The van der Waals surface area contributed by atoms with E-state index >= 15 is 0 Å². The van der Waals surface area contributed by atoms with Crippen molar-refractivity contribution in [1.82, 2.24) is 9.97 Å². The Morgan fingerprint density at radius 1 is 0.520 bits per heavy atom. The summed E-state index contributed by atoms with van der Waals surface area (Å²) in [5, 5.41) is 0. The minimum absolute atomic E-state index is 0.856. The van der Waals surface area contributed by atoms with Crippen LogP contribution in [0, 0.1) is 0 Å². The van der Waals surface area contributed by atoms with Crippen LogP contribution < -0.4 is 4.90 Å². The summed E-state index contributed by atoms with van der Waals surface area (Å²) in [7, 11) is 0. The third kappa shape index (κ3) is 3.26. The van der Waals surface area contributed by atoms with Gasteiger partial charge < -0.3 is 0 Å². The highest BCUT2D eigenvalue weighted by molar-refractivity contribution is 5.75. The molecule has 3 nitrogen and oxygen atoms in total. The summed E-state index contributed by atoms with van der Waals surface area (Å²) in [5.41, 5.74) is 3.86. The monoisotopic (exact) mass is 323 g/mol. The van der Waals surface area contributed by atoms with E-state index in [1.165, 1.54) is 0 Å². The van der Waals surface area contributed by atoms with Gasteiger partial charge in [-0.1, -0.05) is 48.5 Å². The molecule has 3 heteroatoms. The maximum absolute atomic E-state index is 4.86. The summed E-state index contributed by atoms with van der Waals surface area (Å²) in [4.78, 5) is 11.4. The third-order valence-corrected chi connectivity index (χ3v) is 3.92. The summed E-state index contributed by atoms with van der Waals surface area (Å²) in [6, 6.07) is 32.4. The highest BCUT2D eigenvalue weighted by atomic mass is 15.2. The first-order valence-electron chi connectivity index (χ1n) is 8.20. The van der Waals surface area contributed by atoms with Crippen LogP contribution in [0.25, 0.3) is 11.4 Å². The summed E-state index contributed by atoms with van der Waals surface area (Å²) in [6.07, 6.45) is 1.79. The van der Waals surface area contributed by atoms with Crippen molar-refractivity contribution < 1.29 is 0 Å². The number of rotatable bonds is 4. The molecule has 0 atom stereocenters. The maximum Gasteiger partial charge on any atom is 0.138 e. The minimum Gasteiger partial charge on any atom is -0.295 e. The largest absolute Gasteiger partial charge is 0.295 e. The lowest BCUT2D eigenvalue weighted by Gasteiger charge is -2.24. The van der Waals surface area contributed by atoms with Crippen LogP contribution in [0.4, 0.5) is 17.2 Å². The fraction of sp³-hybridized carbons (Fsp3) is 0. The Hall–Kier alpha value is -3.46. The lowest BCUT2D eigenvalue weighted by molar-refractivity contribution is 1.17. The van der Waals surface area contributed by atoms with Gasteiger partial charge >= 0.3 is 0 Å². The van der Waals surface area contributed by atoms with E-state index in [4.69, 9.17) is 4.98 Å². The second-order valence-electron chi connectivity index (χ2n) is 5.60. The number of nitrogens with zero attached hydrogens (tertiary/aromatic N) is 3. The normalized spacial score (nSPS) is 10.4. The Labute approximate surface area is 147 Å². The highest BCUT2D eigenvalue weighted by Gasteiger charge is 2.14. The van der Waals surface area contributed by atoms with Crippen molar-refractivity contribution in [3.05, 3.63) is 103 Å². The first-order chi connectivity index (χ1) is 12.4. The molecule has 2 heterocycles. The van der Waals surface area contributed by atoms with Gasteiger partial charge in [-0.3, -0.25) is 9.88 Å². The Morgan fingerprint density at radius 3 is 1.72 bits per heavy atom. The van der Waals surface area contributed by atoms with Crippen molar-refractivity contribution in [2.24, 2.45) is 0 Å². The van der Waals surface area contributed by atoms with Crippen LogP contribution in [0.5, 0.6) is 0 Å². The first kappa shape index (κ1) is 15.1. The zero-order valence-corrected chi connectivity index (χ0v) is 13.7. The number of pyridine rings is 2. The molecule has 0 saturated carbocycles. The number of hydrogen-bond acceptors (Lipinski definition) is 3. The summed E-state index contributed by atoms with van der Waals surface area (Å²) < 4.78 is 0. The van der Waals surface area contributed by atoms with Crippen LogP contribution in [-0.2, 0) is 0 Å². The fourth-order valence-corrected chi connectivity index (χ4v) is 2.77. The van der Waals surface area contributed by atoms with E-state index in [0.717, 1.165) is 28.6 Å². The molecule has 0 saturated heterocycles. The Bertz CT molecular complexity index is 899. The van der Waals surface area contributed by atoms with E-state index in [0.29, 0.717) is 0 Å². The predicted molar refractivity (Wildman–Crippen MR) is 102 cm³/mol. The van der Waals surface area contributed by atoms with Crippen LogP contribution in [0.15, 0.2) is 103 Å². The van der Waals surface area contributed by atoms with Gasteiger partial charge in [0.15, 0.2) is 0 Å². The van der Waals surface area contributed by atoms with Crippen LogP contribution in [0.1, 0.15) is 0 Å². The lowest BCUT2D eigenvalue weighted by atomic mass is 10.2. The summed E-state index contributed by atoms with van der Waals surface area (Å²) in [5.74, 6) is 0.862.